The fourth-order valence-corrected chi connectivity index (χ4v) is 3.50. The van der Waals surface area contributed by atoms with Crippen LogP contribution in [0.4, 0.5) is 5.69 Å². The van der Waals surface area contributed by atoms with Gasteiger partial charge in [0.25, 0.3) is 0 Å². The molecule has 0 amide bonds. The molecule has 1 aromatic rings. The number of rotatable bonds is 4. The van der Waals surface area contributed by atoms with Gasteiger partial charge in [0.15, 0.2) is 0 Å². The minimum Gasteiger partial charge on any atom is -0.398 e. The van der Waals surface area contributed by atoms with Crippen LogP contribution in [0.1, 0.15) is 45.1 Å². The van der Waals surface area contributed by atoms with E-state index in [2.05, 4.69) is 46.8 Å². The number of hydrogen-bond acceptors (Lipinski definition) is 2. The summed E-state index contributed by atoms with van der Waals surface area (Å²) < 4.78 is 1.01. The average molecular weight is 325 g/mol. The maximum Gasteiger partial charge on any atom is 0.0458 e. The van der Waals surface area contributed by atoms with Gasteiger partial charge in [0.05, 0.1) is 0 Å². The molecule has 2 N–H and O–H groups in total. The summed E-state index contributed by atoms with van der Waals surface area (Å²) in [5.41, 5.74) is 8.61. The second kappa shape index (κ2) is 6.27. The van der Waals surface area contributed by atoms with E-state index >= 15 is 0 Å². The van der Waals surface area contributed by atoms with E-state index in [-0.39, 0.29) is 0 Å². The molecule has 0 unspecified atom stereocenters. The molecule has 106 valence electrons. The van der Waals surface area contributed by atoms with Gasteiger partial charge in [0.2, 0.25) is 0 Å². The summed E-state index contributed by atoms with van der Waals surface area (Å²) in [6.45, 7) is 8.18. The van der Waals surface area contributed by atoms with Crippen LogP contribution in [0.3, 0.4) is 0 Å². The largest absolute Gasteiger partial charge is 0.398 e. The Labute approximate surface area is 125 Å². The number of piperidine rings is 1. The van der Waals surface area contributed by atoms with E-state index < -0.39 is 0 Å². The number of nitrogens with two attached hydrogens (primary N) is 1. The molecule has 2 rings (SSSR count). The highest BCUT2D eigenvalue weighted by molar-refractivity contribution is 9.10. The number of nitrogens with zero attached hydrogens (tertiary/aromatic N) is 1. The first-order valence-corrected chi connectivity index (χ1v) is 8.14. The summed E-state index contributed by atoms with van der Waals surface area (Å²) in [4.78, 5) is 2.57. The summed E-state index contributed by atoms with van der Waals surface area (Å²) >= 11 is 3.51. The third-order valence-corrected chi connectivity index (χ3v) is 5.57. The van der Waals surface area contributed by atoms with Crippen molar-refractivity contribution in [3.63, 3.8) is 0 Å². The van der Waals surface area contributed by atoms with Crippen molar-refractivity contribution in [3.8, 4) is 0 Å². The van der Waals surface area contributed by atoms with Crippen molar-refractivity contribution < 1.29 is 0 Å². The SMILES string of the molecule is CCC1(CC)CCN(Cc2ccc(N)c(Br)c2)CC1. The van der Waals surface area contributed by atoms with E-state index in [1.54, 1.807) is 0 Å². The molecular formula is C16H25BrN2. The molecule has 0 atom stereocenters. The molecular weight excluding hydrogens is 300 g/mol. The molecule has 1 saturated heterocycles. The smallest absolute Gasteiger partial charge is 0.0458 e. The quantitative estimate of drug-likeness (QED) is 0.830. The first-order valence-electron chi connectivity index (χ1n) is 7.35. The van der Waals surface area contributed by atoms with Crippen LogP contribution in [-0.4, -0.2) is 18.0 Å². The third-order valence-electron chi connectivity index (χ3n) is 4.89. The van der Waals surface area contributed by atoms with Crippen LogP contribution in [-0.2, 0) is 6.54 Å². The third kappa shape index (κ3) is 3.51. The van der Waals surface area contributed by atoms with E-state index in [1.165, 1.54) is 44.3 Å². The zero-order chi connectivity index (χ0) is 13.9. The van der Waals surface area contributed by atoms with Gasteiger partial charge in [-0.3, -0.25) is 4.90 Å². The molecule has 0 bridgehead atoms. The van der Waals surface area contributed by atoms with Crippen LogP contribution >= 0.6 is 15.9 Å². The van der Waals surface area contributed by atoms with Gasteiger partial charge in [-0.15, -0.1) is 0 Å². The summed E-state index contributed by atoms with van der Waals surface area (Å²) in [5, 5.41) is 0. The Morgan fingerprint density at radius 3 is 2.37 bits per heavy atom. The van der Waals surface area contributed by atoms with Crippen molar-refractivity contribution in [2.45, 2.75) is 46.1 Å². The highest BCUT2D eigenvalue weighted by atomic mass is 79.9. The van der Waals surface area contributed by atoms with E-state index in [9.17, 15) is 0 Å². The van der Waals surface area contributed by atoms with Crippen LogP contribution in [0.2, 0.25) is 0 Å². The van der Waals surface area contributed by atoms with Crippen molar-refractivity contribution in [2.75, 3.05) is 18.8 Å². The summed E-state index contributed by atoms with van der Waals surface area (Å²) in [6.07, 6.45) is 5.34. The number of likely N-dealkylation sites (tertiary alicyclic amines) is 1. The normalized spacial score (nSPS) is 19.5. The first-order chi connectivity index (χ1) is 9.08. The standard InChI is InChI=1S/C16H25BrN2/c1-3-16(4-2)7-9-19(10-8-16)12-13-5-6-15(18)14(17)11-13/h5-6,11H,3-4,7-10,12,18H2,1-2H3. The lowest BCUT2D eigenvalue weighted by molar-refractivity contribution is 0.0909. The van der Waals surface area contributed by atoms with Gasteiger partial charge in [-0.25, -0.2) is 0 Å². The minimum absolute atomic E-state index is 0.609. The molecule has 2 nitrogen and oxygen atoms in total. The van der Waals surface area contributed by atoms with E-state index in [0.29, 0.717) is 5.41 Å². The highest BCUT2D eigenvalue weighted by Crippen LogP contribution is 2.38. The van der Waals surface area contributed by atoms with Gasteiger partial charge in [0.1, 0.15) is 0 Å². The molecule has 3 heteroatoms. The van der Waals surface area contributed by atoms with Gasteiger partial charge in [-0.1, -0.05) is 32.8 Å². The lowest BCUT2D eigenvalue weighted by Gasteiger charge is -2.41. The molecule has 1 aliphatic heterocycles. The molecule has 19 heavy (non-hydrogen) atoms. The molecule has 0 aliphatic carbocycles. The fraction of sp³-hybridized carbons (Fsp3) is 0.625. The van der Waals surface area contributed by atoms with Crippen LogP contribution in [0.15, 0.2) is 22.7 Å². The maximum atomic E-state index is 5.83. The van der Waals surface area contributed by atoms with Gasteiger partial charge in [-0.05, 0) is 65.0 Å². The molecule has 0 radical (unpaired) electrons. The predicted octanol–water partition coefficient (Wildman–Crippen LogP) is 4.43. The van der Waals surface area contributed by atoms with Crippen LogP contribution in [0, 0.1) is 5.41 Å². The number of anilines is 1. The van der Waals surface area contributed by atoms with Crippen molar-refractivity contribution in [1.82, 2.24) is 4.90 Å². The van der Waals surface area contributed by atoms with E-state index in [4.69, 9.17) is 5.73 Å². The van der Waals surface area contributed by atoms with Crippen molar-refractivity contribution in [1.29, 1.82) is 0 Å². The van der Waals surface area contributed by atoms with Crippen LogP contribution in [0.5, 0.6) is 0 Å². The minimum atomic E-state index is 0.609. The Morgan fingerprint density at radius 2 is 1.84 bits per heavy atom. The molecule has 1 fully saturated rings. The second-order valence-electron chi connectivity index (χ2n) is 5.84. The Hall–Kier alpha value is -0.540. The second-order valence-corrected chi connectivity index (χ2v) is 6.69. The number of hydrogen-bond donors (Lipinski definition) is 1. The van der Waals surface area contributed by atoms with Crippen molar-refractivity contribution in [3.05, 3.63) is 28.2 Å². The molecule has 1 aromatic carbocycles. The lowest BCUT2D eigenvalue weighted by Crippen LogP contribution is -2.39. The number of halogens is 1. The van der Waals surface area contributed by atoms with Crippen molar-refractivity contribution in [2.24, 2.45) is 5.41 Å². The zero-order valence-electron chi connectivity index (χ0n) is 12.1. The molecule has 0 saturated carbocycles. The van der Waals surface area contributed by atoms with Gasteiger partial charge in [-0.2, -0.15) is 0 Å². The highest BCUT2D eigenvalue weighted by Gasteiger charge is 2.30. The lowest BCUT2D eigenvalue weighted by atomic mass is 9.74. The van der Waals surface area contributed by atoms with Crippen LogP contribution < -0.4 is 5.73 Å². The zero-order valence-corrected chi connectivity index (χ0v) is 13.7. The molecule has 1 aliphatic rings. The Balaban J connectivity index is 1.93. The van der Waals surface area contributed by atoms with Crippen molar-refractivity contribution >= 4 is 21.6 Å². The van der Waals surface area contributed by atoms with Crippen LogP contribution in [0.25, 0.3) is 0 Å². The monoisotopic (exact) mass is 324 g/mol. The number of nitrogen functional groups attached to an aromatic ring is 1. The molecule has 1 heterocycles. The number of benzene rings is 1. The average Bonchev–Trinajstić information content (AvgIpc) is 2.44. The fourth-order valence-electron chi connectivity index (χ4n) is 3.07. The van der Waals surface area contributed by atoms with Gasteiger partial charge in [0, 0.05) is 16.7 Å². The Morgan fingerprint density at radius 1 is 1.21 bits per heavy atom. The molecule has 0 spiro atoms. The van der Waals surface area contributed by atoms with E-state index in [1.807, 2.05) is 6.07 Å². The predicted molar refractivity (Wildman–Crippen MR) is 86.1 cm³/mol. The van der Waals surface area contributed by atoms with Gasteiger partial charge >= 0.3 is 0 Å². The summed E-state index contributed by atoms with van der Waals surface area (Å²) in [7, 11) is 0. The van der Waals surface area contributed by atoms with Gasteiger partial charge < -0.3 is 5.73 Å². The maximum absolute atomic E-state index is 5.83. The first kappa shape index (κ1) is 14.9. The van der Waals surface area contributed by atoms with E-state index in [0.717, 1.165) is 16.7 Å². The Bertz CT molecular complexity index is 417. The topological polar surface area (TPSA) is 29.3 Å². The Kier molecular flexibility index (Phi) is 4.91. The summed E-state index contributed by atoms with van der Waals surface area (Å²) in [6, 6.07) is 6.28. The summed E-state index contributed by atoms with van der Waals surface area (Å²) in [5.74, 6) is 0. The molecule has 0 aromatic heterocycles.